The Bertz CT molecular complexity index is 833. The van der Waals surface area contributed by atoms with E-state index in [4.69, 9.17) is 9.47 Å². The maximum atomic E-state index is 13.1. The molecule has 0 spiro atoms. The molecule has 0 bridgehead atoms. The highest BCUT2D eigenvalue weighted by Crippen LogP contribution is 2.36. The lowest BCUT2D eigenvalue weighted by Gasteiger charge is -2.20. The normalized spacial score (nSPS) is 13.7. The number of nitrogens with zero attached hydrogens (tertiary/aromatic N) is 1. The fraction of sp³-hybridized carbons (Fsp3) is 0.333. The van der Waals surface area contributed by atoms with Gasteiger partial charge in [0.1, 0.15) is 0 Å². The summed E-state index contributed by atoms with van der Waals surface area (Å²) in [7, 11) is -3.63. The number of sulfonamides is 1. The van der Waals surface area contributed by atoms with Gasteiger partial charge in [0.2, 0.25) is 0 Å². The van der Waals surface area contributed by atoms with Gasteiger partial charge in [-0.25, -0.2) is 8.42 Å². The average molecular weight is 347 g/mol. The van der Waals surface area contributed by atoms with Gasteiger partial charge in [0.25, 0.3) is 10.0 Å². The molecular weight excluding hydrogens is 326 g/mol. The van der Waals surface area contributed by atoms with Crippen molar-refractivity contribution in [2.45, 2.75) is 25.2 Å². The van der Waals surface area contributed by atoms with Crippen LogP contribution in [-0.4, -0.2) is 28.2 Å². The highest BCUT2D eigenvalue weighted by Gasteiger charge is 2.31. The van der Waals surface area contributed by atoms with Crippen molar-refractivity contribution in [2.24, 2.45) is 0 Å². The summed E-state index contributed by atoms with van der Waals surface area (Å²) in [6.45, 7) is 5.12. The van der Waals surface area contributed by atoms with Crippen LogP contribution in [0.4, 0.5) is 5.69 Å². The zero-order valence-electron chi connectivity index (χ0n) is 13.9. The lowest BCUT2D eigenvalue weighted by Crippen LogP contribution is -2.29. The number of para-hydroxylation sites is 1. The third-order valence-corrected chi connectivity index (χ3v) is 5.76. The van der Waals surface area contributed by atoms with Crippen molar-refractivity contribution in [1.82, 2.24) is 0 Å². The molecule has 0 atom stereocenters. The summed E-state index contributed by atoms with van der Waals surface area (Å²) < 4.78 is 38.6. The number of fused-ring (bicyclic) bond motifs is 1. The Labute approximate surface area is 142 Å². The number of benzene rings is 2. The van der Waals surface area contributed by atoms with Gasteiger partial charge in [0.15, 0.2) is 11.5 Å². The van der Waals surface area contributed by atoms with Gasteiger partial charge >= 0.3 is 0 Å². The standard InChI is InChI=1S/C18H21NO4S/c1-3-22-17-10-9-15(13-18(17)23-4-2)24(20,21)19-12-11-14-7-5-6-8-16(14)19/h5-10,13H,3-4,11-12H2,1-2H3. The number of hydrogen-bond donors (Lipinski definition) is 0. The molecule has 24 heavy (non-hydrogen) atoms. The molecule has 1 aliphatic rings. The first-order valence-corrected chi connectivity index (χ1v) is 9.52. The Balaban J connectivity index is 2.00. The third kappa shape index (κ3) is 2.94. The minimum absolute atomic E-state index is 0.214. The largest absolute Gasteiger partial charge is 0.490 e. The summed E-state index contributed by atoms with van der Waals surface area (Å²) in [6, 6.07) is 12.4. The van der Waals surface area contributed by atoms with E-state index in [0.717, 1.165) is 17.7 Å². The van der Waals surface area contributed by atoms with Crippen molar-refractivity contribution in [3.05, 3.63) is 48.0 Å². The second kappa shape index (κ2) is 6.73. The van der Waals surface area contributed by atoms with E-state index in [1.807, 2.05) is 38.1 Å². The average Bonchev–Trinajstić information content (AvgIpc) is 3.01. The van der Waals surface area contributed by atoms with Crippen molar-refractivity contribution < 1.29 is 17.9 Å². The summed E-state index contributed by atoms with van der Waals surface area (Å²) >= 11 is 0. The summed E-state index contributed by atoms with van der Waals surface area (Å²) in [6.07, 6.45) is 0.727. The zero-order chi connectivity index (χ0) is 17.2. The van der Waals surface area contributed by atoms with Gasteiger partial charge in [-0.2, -0.15) is 0 Å². The molecule has 0 saturated carbocycles. The van der Waals surface area contributed by atoms with Crippen LogP contribution in [0.1, 0.15) is 19.4 Å². The molecule has 1 heterocycles. The van der Waals surface area contributed by atoms with Crippen LogP contribution in [0, 0.1) is 0 Å². The van der Waals surface area contributed by atoms with Crippen LogP contribution in [0.5, 0.6) is 11.5 Å². The predicted octanol–water partition coefficient (Wildman–Crippen LogP) is 3.24. The van der Waals surface area contributed by atoms with Crippen LogP contribution < -0.4 is 13.8 Å². The van der Waals surface area contributed by atoms with Crippen molar-refractivity contribution in [2.75, 3.05) is 24.1 Å². The molecular formula is C18H21NO4S. The first-order valence-electron chi connectivity index (χ1n) is 8.08. The maximum absolute atomic E-state index is 13.1. The van der Waals surface area contributed by atoms with Crippen molar-refractivity contribution in [1.29, 1.82) is 0 Å². The predicted molar refractivity (Wildman–Crippen MR) is 93.5 cm³/mol. The summed E-state index contributed by atoms with van der Waals surface area (Å²) in [5.41, 5.74) is 1.81. The molecule has 5 nitrogen and oxygen atoms in total. The quantitative estimate of drug-likeness (QED) is 0.805. The first kappa shape index (κ1) is 16.6. The van der Waals surface area contributed by atoms with Crippen LogP contribution in [-0.2, 0) is 16.4 Å². The lowest BCUT2D eigenvalue weighted by atomic mass is 10.2. The maximum Gasteiger partial charge on any atom is 0.264 e. The van der Waals surface area contributed by atoms with Gasteiger partial charge in [0.05, 0.1) is 23.8 Å². The van der Waals surface area contributed by atoms with Crippen LogP contribution in [0.25, 0.3) is 0 Å². The SMILES string of the molecule is CCOc1ccc(S(=O)(=O)N2CCc3ccccc32)cc1OCC. The molecule has 2 aromatic rings. The Morgan fingerprint density at radius 3 is 2.46 bits per heavy atom. The van der Waals surface area contributed by atoms with E-state index >= 15 is 0 Å². The fourth-order valence-electron chi connectivity index (χ4n) is 2.88. The first-order chi connectivity index (χ1) is 11.6. The zero-order valence-corrected chi connectivity index (χ0v) is 14.7. The van der Waals surface area contributed by atoms with Crippen molar-refractivity contribution in [3.8, 4) is 11.5 Å². The molecule has 0 radical (unpaired) electrons. The Morgan fingerprint density at radius 2 is 1.71 bits per heavy atom. The molecule has 0 saturated heterocycles. The summed E-state index contributed by atoms with van der Waals surface area (Å²) in [5.74, 6) is 1.01. The van der Waals surface area contributed by atoms with E-state index in [2.05, 4.69) is 0 Å². The number of anilines is 1. The van der Waals surface area contributed by atoms with Gasteiger partial charge < -0.3 is 9.47 Å². The van der Waals surface area contributed by atoms with Crippen LogP contribution in [0.2, 0.25) is 0 Å². The Hall–Kier alpha value is -2.21. The molecule has 0 amide bonds. The van der Waals surface area contributed by atoms with Crippen molar-refractivity contribution in [3.63, 3.8) is 0 Å². The monoisotopic (exact) mass is 347 g/mol. The Kier molecular flexibility index (Phi) is 4.66. The topological polar surface area (TPSA) is 55.8 Å². The van der Waals surface area contributed by atoms with Crippen LogP contribution >= 0.6 is 0 Å². The van der Waals surface area contributed by atoms with E-state index in [0.29, 0.717) is 31.3 Å². The molecule has 128 valence electrons. The van der Waals surface area contributed by atoms with Gasteiger partial charge in [-0.1, -0.05) is 18.2 Å². The number of rotatable bonds is 6. The lowest BCUT2D eigenvalue weighted by molar-refractivity contribution is 0.287. The summed E-state index contributed by atoms with van der Waals surface area (Å²) in [4.78, 5) is 0.214. The van der Waals surface area contributed by atoms with Gasteiger partial charge in [0, 0.05) is 12.6 Å². The van der Waals surface area contributed by atoms with Gasteiger partial charge in [-0.15, -0.1) is 0 Å². The third-order valence-electron chi connectivity index (χ3n) is 3.95. The molecule has 3 rings (SSSR count). The minimum Gasteiger partial charge on any atom is -0.490 e. The van der Waals surface area contributed by atoms with Crippen LogP contribution in [0.15, 0.2) is 47.4 Å². The minimum atomic E-state index is -3.63. The smallest absolute Gasteiger partial charge is 0.264 e. The highest BCUT2D eigenvalue weighted by molar-refractivity contribution is 7.92. The molecule has 2 aromatic carbocycles. The molecule has 0 aromatic heterocycles. The molecule has 0 N–H and O–H groups in total. The van der Waals surface area contributed by atoms with E-state index in [1.165, 1.54) is 4.31 Å². The second-order valence-electron chi connectivity index (χ2n) is 5.43. The van der Waals surface area contributed by atoms with Crippen molar-refractivity contribution >= 4 is 15.7 Å². The van der Waals surface area contributed by atoms with Gasteiger partial charge in [-0.3, -0.25) is 4.31 Å². The molecule has 0 unspecified atom stereocenters. The Morgan fingerprint density at radius 1 is 1.00 bits per heavy atom. The van der Waals surface area contributed by atoms with Crippen LogP contribution in [0.3, 0.4) is 0 Å². The molecule has 1 aliphatic heterocycles. The molecule has 0 fully saturated rings. The molecule has 6 heteroatoms. The van der Waals surface area contributed by atoms with E-state index in [1.54, 1.807) is 18.2 Å². The summed E-state index contributed by atoms with van der Waals surface area (Å²) in [5, 5.41) is 0. The number of hydrogen-bond acceptors (Lipinski definition) is 4. The van der Waals surface area contributed by atoms with Gasteiger partial charge in [-0.05, 0) is 44.0 Å². The number of ether oxygens (including phenoxy) is 2. The highest BCUT2D eigenvalue weighted by atomic mass is 32.2. The van der Waals surface area contributed by atoms with E-state index < -0.39 is 10.0 Å². The second-order valence-corrected chi connectivity index (χ2v) is 7.29. The van der Waals surface area contributed by atoms with E-state index in [-0.39, 0.29) is 4.90 Å². The van der Waals surface area contributed by atoms with E-state index in [9.17, 15) is 8.42 Å². The fourth-order valence-corrected chi connectivity index (χ4v) is 4.40. The molecule has 0 aliphatic carbocycles.